The Balaban J connectivity index is 2.13. The van der Waals surface area contributed by atoms with E-state index in [4.69, 9.17) is 27.7 Å². The van der Waals surface area contributed by atoms with Crippen LogP contribution in [0.15, 0.2) is 16.8 Å². The summed E-state index contributed by atoms with van der Waals surface area (Å²) in [7, 11) is 0. The number of hydrogen-bond donors (Lipinski definition) is 1. The maximum Gasteiger partial charge on any atom is 0.228 e. The maximum absolute atomic E-state index is 6.10. The molecule has 0 aliphatic carbocycles. The molecule has 1 unspecified atom stereocenters. The Morgan fingerprint density at radius 2 is 2.14 bits per heavy atom. The van der Waals surface area contributed by atoms with Crippen LogP contribution in [0.5, 0.6) is 0 Å². The van der Waals surface area contributed by atoms with Gasteiger partial charge in [0, 0.05) is 18.7 Å². The van der Waals surface area contributed by atoms with E-state index in [-0.39, 0.29) is 0 Å². The number of nitrogens with one attached hydrogen (secondary N) is 1. The van der Waals surface area contributed by atoms with Crippen LogP contribution in [0.25, 0.3) is 11.5 Å². The third-order valence-electron chi connectivity index (χ3n) is 3.04. The van der Waals surface area contributed by atoms with Crippen LogP contribution in [0, 0.1) is 0 Å². The van der Waals surface area contributed by atoms with Gasteiger partial charge in [-0.15, -0.1) is 0 Å². The second kappa shape index (κ2) is 7.73. The quantitative estimate of drug-likeness (QED) is 0.838. The topological polar surface area (TPSA) is 63.8 Å². The zero-order valence-corrected chi connectivity index (χ0v) is 13.6. The fourth-order valence-electron chi connectivity index (χ4n) is 2.14. The minimum atomic E-state index is 0.335. The lowest BCUT2D eigenvalue weighted by Crippen LogP contribution is -2.30. The molecule has 21 heavy (non-hydrogen) atoms. The lowest BCUT2D eigenvalue weighted by atomic mass is 10.1. The Morgan fingerprint density at radius 1 is 1.33 bits per heavy atom. The van der Waals surface area contributed by atoms with E-state index < -0.39 is 0 Å². The number of rotatable bonds is 7. The van der Waals surface area contributed by atoms with E-state index in [1.165, 1.54) is 6.20 Å². The number of likely N-dealkylation sites (N-methyl/N-ethyl adjacent to an activating group) is 1. The number of hydrogen-bond acceptors (Lipinski definition) is 5. The monoisotopic (exact) mass is 328 g/mol. The largest absolute Gasteiger partial charge is 0.339 e. The summed E-state index contributed by atoms with van der Waals surface area (Å²) < 4.78 is 5.29. The molecule has 0 amide bonds. The molecule has 5 nitrogen and oxygen atoms in total. The molecule has 2 rings (SSSR count). The predicted octanol–water partition coefficient (Wildman–Crippen LogP) is 3.76. The van der Waals surface area contributed by atoms with Gasteiger partial charge in [0.1, 0.15) is 5.69 Å². The van der Waals surface area contributed by atoms with Crippen molar-refractivity contribution in [1.82, 2.24) is 20.4 Å². The molecule has 0 radical (unpaired) electrons. The fraction of sp³-hybridized carbons (Fsp3) is 0.500. The summed E-state index contributed by atoms with van der Waals surface area (Å²) in [5.41, 5.74) is 0.478. The lowest BCUT2D eigenvalue weighted by Gasteiger charge is -2.14. The summed E-state index contributed by atoms with van der Waals surface area (Å²) in [6.45, 7) is 5.15. The molecule has 1 N–H and O–H groups in total. The van der Waals surface area contributed by atoms with Crippen molar-refractivity contribution >= 4 is 23.2 Å². The highest BCUT2D eigenvalue weighted by atomic mass is 35.5. The molecule has 0 fully saturated rings. The highest BCUT2D eigenvalue weighted by Gasteiger charge is 2.16. The molecule has 0 aliphatic rings. The van der Waals surface area contributed by atoms with Crippen molar-refractivity contribution in [2.24, 2.45) is 0 Å². The Kier molecular flexibility index (Phi) is 5.96. The second-order valence-corrected chi connectivity index (χ2v) is 5.59. The zero-order chi connectivity index (χ0) is 15.2. The highest BCUT2D eigenvalue weighted by molar-refractivity contribution is 6.35. The summed E-state index contributed by atoms with van der Waals surface area (Å²) in [6.07, 6.45) is 4.37. The Morgan fingerprint density at radius 3 is 2.81 bits per heavy atom. The molecule has 0 bridgehead atoms. The van der Waals surface area contributed by atoms with Crippen molar-refractivity contribution in [2.45, 2.75) is 39.2 Å². The average molecular weight is 329 g/mol. The van der Waals surface area contributed by atoms with Crippen molar-refractivity contribution in [3.63, 3.8) is 0 Å². The van der Waals surface area contributed by atoms with Gasteiger partial charge in [-0.05, 0) is 19.0 Å². The molecule has 0 saturated carbocycles. The molecule has 0 saturated heterocycles. The van der Waals surface area contributed by atoms with Crippen LogP contribution >= 0.6 is 23.2 Å². The zero-order valence-electron chi connectivity index (χ0n) is 12.1. The van der Waals surface area contributed by atoms with E-state index in [1.807, 2.05) is 0 Å². The normalized spacial score (nSPS) is 12.6. The molecule has 0 aliphatic heterocycles. The van der Waals surface area contributed by atoms with Crippen molar-refractivity contribution < 1.29 is 4.52 Å². The second-order valence-electron chi connectivity index (χ2n) is 4.74. The van der Waals surface area contributed by atoms with E-state index >= 15 is 0 Å². The third kappa shape index (κ3) is 4.40. The molecule has 0 spiro atoms. The number of aromatic nitrogens is 3. The molecular formula is C14H18Cl2N4O. The Labute approximate surface area is 134 Å². The van der Waals surface area contributed by atoms with Gasteiger partial charge >= 0.3 is 0 Å². The van der Waals surface area contributed by atoms with E-state index in [0.29, 0.717) is 39.9 Å². The van der Waals surface area contributed by atoms with Crippen LogP contribution in [0.2, 0.25) is 10.0 Å². The smallest absolute Gasteiger partial charge is 0.228 e. The lowest BCUT2D eigenvalue weighted by molar-refractivity contribution is 0.352. The van der Waals surface area contributed by atoms with Gasteiger partial charge in [0.15, 0.2) is 0 Å². The predicted molar refractivity (Wildman–Crippen MR) is 83.6 cm³/mol. The first-order valence-corrected chi connectivity index (χ1v) is 7.77. The van der Waals surface area contributed by atoms with Gasteiger partial charge in [0.25, 0.3) is 0 Å². The van der Waals surface area contributed by atoms with Gasteiger partial charge in [0.2, 0.25) is 11.7 Å². The summed E-state index contributed by atoms with van der Waals surface area (Å²) in [5, 5.41) is 8.24. The van der Waals surface area contributed by atoms with Crippen molar-refractivity contribution in [1.29, 1.82) is 0 Å². The van der Waals surface area contributed by atoms with Crippen molar-refractivity contribution in [2.75, 3.05) is 6.54 Å². The molecular weight excluding hydrogens is 311 g/mol. The molecule has 2 aromatic heterocycles. The van der Waals surface area contributed by atoms with E-state index in [1.54, 1.807) is 6.07 Å². The van der Waals surface area contributed by atoms with Crippen molar-refractivity contribution in [3.8, 4) is 11.5 Å². The SMILES string of the molecule is CCCC(Cc1nc(-c2ncc(Cl)cc2Cl)no1)NCC. The summed E-state index contributed by atoms with van der Waals surface area (Å²) in [6, 6.07) is 1.95. The molecule has 0 aromatic carbocycles. The Bertz CT molecular complexity index is 582. The van der Waals surface area contributed by atoms with Crippen LogP contribution in [-0.4, -0.2) is 27.7 Å². The highest BCUT2D eigenvalue weighted by Crippen LogP contribution is 2.25. The van der Waals surface area contributed by atoms with Crippen LogP contribution in [0.3, 0.4) is 0 Å². The molecule has 7 heteroatoms. The van der Waals surface area contributed by atoms with Crippen LogP contribution in [0.1, 0.15) is 32.6 Å². The summed E-state index contributed by atoms with van der Waals surface area (Å²) in [5.74, 6) is 0.968. The van der Waals surface area contributed by atoms with E-state index in [0.717, 1.165) is 19.4 Å². The van der Waals surface area contributed by atoms with Crippen LogP contribution < -0.4 is 5.32 Å². The van der Waals surface area contributed by atoms with Gasteiger partial charge in [0.05, 0.1) is 10.0 Å². The fourth-order valence-corrected chi connectivity index (χ4v) is 2.60. The summed E-state index contributed by atoms with van der Waals surface area (Å²) in [4.78, 5) is 8.52. The molecule has 2 aromatic rings. The number of halogens is 2. The van der Waals surface area contributed by atoms with Gasteiger partial charge in [-0.2, -0.15) is 4.98 Å². The van der Waals surface area contributed by atoms with Crippen LogP contribution in [-0.2, 0) is 6.42 Å². The molecule has 1 atom stereocenters. The van der Waals surface area contributed by atoms with Gasteiger partial charge in [-0.25, -0.2) is 4.98 Å². The minimum absolute atomic E-state index is 0.335. The average Bonchev–Trinajstić information content (AvgIpc) is 2.87. The molecule has 114 valence electrons. The number of nitrogens with zero attached hydrogens (tertiary/aromatic N) is 3. The first kappa shape index (κ1) is 16.2. The minimum Gasteiger partial charge on any atom is -0.339 e. The van der Waals surface area contributed by atoms with Gasteiger partial charge < -0.3 is 9.84 Å². The first-order valence-electron chi connectivity index (χ1n) is 7.01. The summed E-state index contributed by atoms with van der Waals surface area (Å²) >= 11 is 11.9. The Hall–Kier alpha value is -1.17. The van der Waals surface area contributed by atoms with Gasteiger partial charge in [-0.3, -0.25) is 0 Å². The van der Waals surface area contributed by atoms with E-state index in [9.17, 15) is 0 Å². The third-order valence-corrected chi connectivity index (χ3v) is 3.53. The van der Waals surface area contributed by atoms with Gasteiger partial charge in [-0.1, -0.05) is 48.6 Å². The van der Waals surface area contributed by atoms with Crippen LogP contribution in [0.4, 0.5) is 0 Å². The van der Waals surface area contributed by atoms with Crippen molar-refractivity contribution in [3.05, 3.63) is 28.2 Å². The molecule has 2 heterocycles. The van der Waals surface area contributed by atoms with E-state index in [2.05, 4.69) is 34.3 Å². The maximum atomic E-state index is 6.10. The standard InChI is InChI=1S/C14H18Cl2N4O/c1-3-5-10(17-4-2)7-12-19-14(20-21-12)13-11(16)6-9(15)8-18-13/h6,8,10,17H,3-5,7H2,1-2H3. The number of pyridine rings is 1. The first-order chi connectivity index (χ1) is 10.1.